The fourth-order valence-electron chi connectivity index (χ4n) is 7.26. The summed E-state index contributed by atoms with van der Waals surface area (Å²) >= 11 is 0. The van der Waals surface area contributed by atoms with Gasteiger partial charge >= 0.3 is 0 Å². The van der Waals surface area contributed by atoms with Crippen LogP contribution in [0.3, 0.4) is 0 Å². The molecule has 0 fully saturated rings. The SMILES string of the molecule is CCCCCCCCCCCCCCCN1C=CN(Cc2ccccc2)C1(Cc1ccccc1)C(CC)c1ccccc1. The lowest BCUT2D eigenvalue weighted by molar-refractivity contribution is -0.00767. The molecule has 2 nitrogen and oxygen atoms in total. The lowest BCUT2D eigenvalue weighted by Crippen LogP contribution is -2.59. The molecule has 1 heterocycles. The highest BCUT2D eigenvalue weighted by atomic mass is 15.4. The first kappa shape index (κ1) is 32.9. The van der Waals surface area contributed by atoms with Gasteiger partial charge in [-0.1, -0.05) is 182 Å². The second-order valence-electron chi connectivity index (χ2n) is 12.8. The van der Waals surface area contributed by atoms with Crippen LogP contribution in [-0.4, -0.2) is 22.0 Å². The molecular weight excluding hydrogens is 520 g/mol. The highest BCUT2D eigenvalue weighted by Gasteiger charge is 2.49. The van der Waals surface area contributed by atoms with Crippen LogP contribution in [0.2, 0.25) is 0 Å². The largest absolute Gasteiger partial charge is 0.353 e. The van der Waals surface area contributed by atoms with Gasteiger partial charge in [0, 0.05) is 37.8 Å². The molecule has 2 atom stereocenters. The highest BCUT2D eigenvalue weighted by molar-refractivity contribution is 5.31. The van der Waals surface area contributed by atoms with Crippen LogP contribution in [0.25, 0.3) is 0 Å². The average molecular weight is 579 g/mol. The van der Waals surface area contributed by atoms with Crippen LogP contribution < -0.4 is 0 Å². The maximum Gasteiger partial charge on any atom is 0.123 e. The molecule has 1 aliphatic rings. The molecule has 0 radical (unpaired) electrons. The van der Waals surface area contributed by atoms with Crippen LogP contribution in [-0.2, 0) is 13.0 Å². The van der Waals surface area contributed by atoms with Crippen LogP contribution in [0, 0.1) is 0 Å². The standard InChI is InChI=1S/C41H58N2/c1-3-5-6-7-8-9-10-11-12-13-14-15-25-32-42-33-34-43(36-38-28-21-17-22-29-38)41(42,35-37-26-19-16-20-27-37)40(4-2)39-30-23-18-24-31-39/h16-24,26-31,33-34,40H,3-15,25,32,35-36H2,1-2H3. The van der Waals surface area contributed by atoms with Gasteiger partial charge in [0.2, 0.25) is 0 Å². The van der Waals surface area contributed by atoms with E-state index in [1.54, 1.807) is 0 Å². The molecule has 2 unspecified atom stereocenters. The first-order valence-electron chi connectivity index (χ1n) is 17.6. The van der Waals surface area contributed by atoms with Gasteiger partial charge in [-0.05, 0) is 29.5 Å². The summed E-state index contributed by atoms with van der Waals surface area (Å²) < 4.78 is 0. The zero-order chi connectivity index (χ0) is 30.0. The van der Waals surface area contributed by atoms with E-state index in [1.807, 2.05) is 0 Å². The van der Waals surface area contributed by atoms with Crippen molar-refractivity contribution in [1.29, 1.82) is 0 Å². The van der Waals surface area contributed by atoms with Crippen LogP contribution in [0.5, 0.6) is 0 Å². The molecule has 0 saturated heterocycles. The van der Waals surface area contributed by atoms with Gasteiger partial charge in [0.15, 0.2) is 0 Å². The highest BCUT2D eigenvalue weighted by Crippen LogP contribution is 2.45. The van der Waals surface area contributed by atoms with E-state index in [1.165, 1.54) is 100 Å². The van der Waals surface area contributed by atoms with Crippen LogP contribution in [0.15, 0.2) is 103 Å². The number of unbranched alkanes of at least 4 members (excludes halogenated alkanes) is 12. The Morgan fingerprint density at radius 1 is 0.512 bits per heavy atom. The van der Waals surface area contributed by atoms with Gasteiger partial charge in [-0.15, -0.1) is 0 Å². The lowest BCUT2D eigenvalue weighted by Gasteiger charge is -2.51. The molecule has 0 bridgehead atoms. The van der Waals surface area contributed by atoms with Crippen LogP contribution in [0.1, 0.15) is 126 Å². The van der Waals surface area contributed by atoms with Crippen LogP contribution >= 0.6 is 0 Å². The number of benzene rings is 3. The van der Waals surface area contributed by atoms with Crippen molar-refractivity contribution >= 4 is 0 Å². The predicted octanol–water partition coefficient (Wildman–Crippen LogP) is 11.5. The second-order valence-corrected chi connectivity index (χ2v) is 12.8. The zero-order valence-corrected chi connectivity index (χ0v) is 27.3. The molecule has 0 aliphatic carbocycles. The Labute approximate surface area is 264 Å². The predicted molar refractivity (Wildman–Crippen MR) is 186 cm³/mol. The van der Waals surface area contributed by atoms with Crippen molar-refractivity contribution in [3.63, 3.8) is 0 Å². The van der Waals surface area contributed by atoms with Crippen molar-refractivity contribution in [3.8, 4) is 0 Å². The Morgan fingerprint density at radius 3 is 1.51 bits per heavy atom. The Hall–Kier alpha value is -3.00. The van der Waals surface area contributed by atoms with Gasteiger partial charge in [-0.25, -0.2) is 0 Å². The molecule has 0 spiro atoms. The summed E-state index contributed by atoms with van der Waals surface area (Å²) in [6.07, 6.45) is 25.0. The summed E-state index contributed by atoms with van der Waals surface area (Å²) in [6, 6.07) is 33.5. The van der Waals surface area contributed by atoms with Crippen molar-refractivity contribution in [2.75, 3.05) is 6.54 Å². The van der Waals surface area contributed by atoms with E-state index in [0.717, 1.165) is 25.9 Å². The van der Waals surface area contributed by atoms with Crippen molar-refractivity contribution in [2.45, 2.75) is 128 Å². The number of hydrogen-bond acceptors (Lipinski definition) is 2. The third kappa shape index (κ3) is 9.75. The van der Waals surface area contributed by atoms with Gasteiger partial charge in [0.1, 0.15) is 5.66 Å². The van der Waals surface area contributed by atoms with E-state index in [0.29, 0.717) is 5.92 Å². The van der Waals surface area contributed by atoms with E-state index in [2.05, 4.69) is 127 Å². The lowest BCUT2D eigenvalue weighted by atomic mass is 9.78. The third-order valence-electron chi connectivity index (χ3n) is 9.59. The molecule has 0 N–H and O–H groups in total. The Morgan fingerprint density at radius 2 is 0.977 bits per heavy atom. The topological polar surface area (TPSA) is 6.48 Å². The van der Waals surface area contributed by atoms with Gasteiger partial charge in [0.05, 0.1) is 0 Å². The van der Waals surface area contributed by atoms with Gasteiger partial charge in [-0.3, -0.25) is 0 Å². The summed E-state index contributed by atoms with van der Waals surface area (Å²) in [5.41, 5.74) is 4.08. The molecule has 0 amide bonds. The van der Waals surface area contributed by atoms with Gasteiger partial charge in [-0.2, -0.15) is 0 Å². The summed E-state index contributed by atoms with van der Waals surface area (Å²) in [4.78, 5) is 5.39. The second kappa shape index (κ2) is 18.6. The maximum absolute atomic E-state index is 2.72. The van der Waals surface area contributed by atoms with Crippen molar-refractivity contribution in [3.05, 3.63) is 120 Å². The molecule has 3 aromatic carbocycles. The van der Waals surface area contributed by atoms with Gasteiger partial charge in [0.25, 0.3) is 0 Å². The third-order valence-corrected chi connectivity index (χ3v) is 9.59. The van der Waals surface area contributed by atoms with E-state index in [9.17, 15) is 0 Å². The number of hydrogen-bond donors (Lipinski definition) is 0. The summed E-state index contributed by atoms with van der Waals surface area (Å²) in [6.45, 7) is 6.71. The monoisotopic (exact) mass is 578 g/mol. The minimum atomic E-state index is -0.148. The first-order valence-corrected chi connectivity index (χ1v) is 17.6. The molecule has 0 aromatic heterocycles. The number of nitrogens with zero attached hydrogens (tertiary/aromatic N) is 2. The first-order chi connectivity index (χ1) is 21.3. The average Bonchev–Trinajstić information content (AvgIpc) is 3.37. The fraction of sp³-hybridized carbons (Fsp3) is 0.512. The van der Waals surface area contributed by atoms with E-state index < -0.39 is 0 Å². The molecule has 43 heavy (non-hydrogen) atoms. The summed E-state index contributed by atoms with van der Waals surface area (Å²) in [5, 5.41) is 0. The van der Waals surface area contributed by atoms with Crippen LogP contribution in [0.4, 0.5) is 0 Å². The van der Waals surface area contributed by atoms with Crippen molar-refractivity contribution in [1.82, 2.24) is 9.80 Å². The molecule has 2 heteroatoms. The number of rotatable bonds is 21. The Bertz CT molecular complexity index is 1140. The van der Waals surface area contributed by atoms with Crippen molar-refractivity contribution in [2.24, 2.45) is 0 Å². The zero-order valence-electron chi connectivity index (χ0n) is 27.3. The molecule has 232 valence electrons. The quantitative estimate of drug-likeness (QED) is 0.116. The molecule has 4 rings (SSSR count). The van der Waals surface area contributed by atoms with Gasteiger partial charge < -0.3 is 9.80 Å². The fourth-order valence-corrected chi connectivity index (χ4v) is 7.26. The minimum Gasteiger partial charge on any atom is -0.353 e. The minimum absolute atomic E-state index is 0.148. The molecule has 3 aromatic rings. The van der Waals surface area contributed by atoms with E-state index in [4.69, 9.17) is 0 Å². The molecular formula is C41H58N2. The molecule has 1 aliphatic heterocycles. The van der Waals surface area contributed by atoms with Crippen molar-refractivity contribution < 1.29 is 0 Å². The maximum atomic E-state index is 2.72. The normalized spacial score (nSPS) is 17.1. The smallest absolute Gasteiger partial charge is 0.123 e. The summed E-state index contributed by atoms with van der Waals surface area (Å²) in [7, 11) is 0. The Balaban J connectivity index is 1.42. The summed E-state index contributed by atoms with van der Waals surface area (Å²) in [5.74, 6) is 0.384. The van der Waals surface area contributed by atoms with E-state index >= 15 is 0 Å². The van der Waals surface area contributed by atoms with E-state index in [-0.39, 0.29) is 5.66 Å². The molecule has 0 saturated carbocycles. The Kier molecular flexibility index (Phi) is 14.2.